The molecule has 1 aromatic heterocycles. The van der Waals surface area contributed by atoms with Gasteiger partial charge in [0.1, 0.15) is 12.3 Å². The molecular formula is C19H18N2O4. The summed E-state index contributed by atoms with van der Waals surface area (Å²) in [5.41, 5.74) is 2.26. The van der Waals surface area contributed by atoms with Crippen LogP contribution < -0.4 is 15.8 Å². The molecule has 0 spiro atoms. The van der Waals surface area contributed by atoms with Crippen molar-refractivity contribution in [3.8, 4) is 5.75 Å². The van der Waals surface area contributed by atoms with Gasteiger partial charge < -0.3 is 14.5 Å². The van der Waals surface area contributed by atoms with Crippen molar-refractivity contribution in [2.24, 2.45) is 5.92 Å². The SMILES string of the molecule is O=C(Cn1c(=O)oc2ccccc21)NCC1COc2ccccc2C1. The van der Waals surface area contributed by atoms with Gasteiger partial charge in [0.25, 0.3) is 0 Å². The summed E-state index contributed by atoms with van der Waals surface area (Å²) in [6, 6.07) is 15.0. The molecule has 0 saturated heterocycles. The van der Waals surface area contributed by atoms with Crippen molar-refractivity contribution in [3.05, 3.63) is 64.6 Å². The molecule has 128 valence electrons. The number of benzene rings is 2. The van der Waals surface area contributed by atoms with Crippen molar-refractivity contribution < 1.29 is 13.9 Å². The molecule has 1 amide bonds. The zero-order chi connectivity index (χ0) is 17.2. The number of hydrogen-bond acceptors (Lipinski definition) is 4. The lowest BCUT2D eigenvalue weighted by Gasteiger charge is -2.25. The molecular weight excluding hydrogens is 320 g/mol. The van der Waals surface area contributed by atoms with Gasteiger partial charge in [-0.15, -0.1) is 0 Å². The van der Waals surface area contributed by atoms with Gasteiger partial charge in [-0.25, -0.2) is 4.79 Å². The van der Waals surface area contributed by atoms with Gasteiger partial charge in [0.05, 0.1) is 12.1 Å². The quantitative estimate of drug-likeness (QED) is 0.789. The average molecular weight is 338 g/mol. The number of carbonyl (C=O) groups excluding carboxylic acids is 1. The van der Waals surface area contributed by atoms with Gasteiger partial charge in [-0.1, -0.05) is 30.3 Å². The zero-order valence-corrected chi connectivity index (χ0v) is 13.6. The van der Waals surface area contributed by atoms with E-state index >= 15 is 0 Å². The van der Waals surface area contributed by atoms with Gasteiger partial charge in [0, 0.05) is 12.5 Å². The maximum absolute atomic E-state index is 12.2. The molecule has 0 bridgehead atoms. The van der Waals surface area contributed by atoms with Crippen LogP contribution in [0.3, 0.4) is 0 Å². The second kappa shape index (κ2) is 6.47. The van der Waals surface area contributed by atoms with E-state index in [-0.39, 0.29) is 18.4 Å². The van der Waals surface area contributed by atoms with Crippen LogP contribution in [0.5, 0.6) is 5.75 Å². The molecule has 0 saturated carbocycles. The minimum absolute atomic E-state index is 0.0555. The molecule has 0 radical (unpaired) electrons. The fourth-order valence-electron chi connectivity index (χ4n) is 3.14. The summed E-state index contributed by atoms with van der Waals surface area (Å²) in [5.74, 6) is 0.400. The van der Waals surface area contributed by atoms with Crippen molar-refractivity contribution in [1.82, 2.24) is 9.88 Å². The molecule has 1 aliphatic rings. The maximum Gasteiger partial charge on any atom is 0.420 e. The van der Waals surface area contributed by atoms with Crippen molar-refractivity contribution >= 4 is 17.0 Å². The lowest BCUT2D eigenvalue weighted by Crippen LogP contribution is -2.37. The minimum atomic E-state index is -0.522. The number of para-hydroxylation sites is 3. The van der Waals surface area contributed by atoms with Crippen molar-refractivity contribution in [2.45, 2.75) is 13.0 Å². The Morgan fingerprint density at radius 2 is 1.96 bits per heavy atom. The van der Waals surface area contributed by atoms with Crippen LogP contribution in [0, 0.1) is 5.92 Å². The van der Waals surface area contributed by atoms with E-state index in [2.05, 4.69) is 5.32 Å². The predicted octanol–water partition coefficient (Wildman–Crippen LogP) is 1.96. The van der Waals surface area contributed by atoms with Crippen molar-refractivity contribution in [2.75, 3.05) is 13.2 Å². The Morgan fingerprint density at radius 3 is 2.88 bits per heavy atom. The Balaban J connectivity index is 1.38. The lowest BCUT2D eigenvalue weighted by molar-refractivity contribution is -0.121. The van der Waals surface area contributed by atoms with Gasteiger partial charge in [-0.2, -0.15) is 0 Å². The van der Waals surface area contributed by atoms with E-state index in [4.69, 9.17) is 9.15 Å². The summed E-state index contributed by atoms with van der Waals surface area (Å²) >= 11 is 0. The van der Waals surface area contributed by atoms with Crippen LogP contribution in [-0.4, -0.2) is 23.6 Å². The highest BCUT2D eigenvalue weighted by atomic mass is 16.5. The van der Waals surface area contributed by atoms with E-state index in [1.54, 1.807) is 18.2 Å². The van der Waals surface area contributed by atoms with Gasteiger partial charge in [-0.05, 0) is 30.2 Å². The smallest absolute Gasteiger partial charge is 0.420 e. The number of fused-ring (bicyclic) bond motifs is 2. The second-order valence-corrected chi connectivity index (χ2v) is 6.21. The third-order valence-corrected chi connectivity index (χ3v) is 4.42. The lowest BCUT2D eigenvalue weighted by atomic mass is 9.97. The largest absolute Gasteiger partial charge is 0.493 e. The topological polar surface area (TPSA) is 73.5 Å². The fourth-order valence-corrected chi connectivity index (χ4v) is 3.14. The van der Waals surface area contributed by atoms with Crippen LogP contribution in [0.15, 0.2) is 57.7 Å². The monoisotopic (exact) mass is 338 g/mol. The zero-order valence-electron chi connectivity index (χ0n) is 13.6. The summed E-state index contributed by atoms with van der Waals surface area (Å²) in [6.45, 7) is 1.03. The van der Waals surface area contributed by atoms with E-state index < -0.39 is 5.76 Å². The molecule has 2 heterocycles. The Bertz CT molecular complexity index is 973. The first-order valence-corrected chi connectivity index (χ1v) is 8.26. The molecule has 4 rings (SSSR count). The van der Waals surface area contributed by atoms with Crippen molar-refractivity contribution in [3.63, 3.8) is 0 Å². The van der Waals surface area contributed by atoms with Crippen LogP contribution >= 0.6 is 0 Å². The van der Waals surface area contributed by atoms with Gasteiger partial charge in [0.15, 0.2) is 5.58 Å². The minimum Gasteiger partial charge on any atom is -0.493 e. The van der Waals surface area contributed by atoms with Gasteiger partial charge >= 0.3 is 5.76 Å². The predicted molar refractivity (Wildman–Crippen MR) is 92.6 cm³/mol. The number of aromatic nitrogens is 1. The third-order valence-electron chi connectivity index (χ3n) is 4.42. The van der Waals surface area contributed by atoms with Crippen LogP contribution in [0.4, 0.5) is 0 Å². The Kier molecular flexibility index (Phi) is 4.01. The molecule has 1 unspecified atom stereocenters. The first-order valence-electron chi connectivity index (χ1n) is 8.26. The van der Waals surface area contributed by atoms with Crippen LogP contribution in [0.2, 0.25) is 0 Å². The molecule has 1 aliphatic heterocycles. The summed E-state index contributed by atoms with van der Waals surface area (Å²) in [4.78, 5) is 24.2. The Labute approximate surface area is 144 Å². The van der Waals surface area contributed by atoms with Crippen LogP contribution in [-0.2, 0) is 17.8 Å². The first kappa shape index (κ1) is 15.5. The summed E-state index contributed by atoms with van der Waals surface area (Å²) in [7, 11) is 0. The number of nitrogens with zero attached hydrogens (tertiary/aromatic N) is 1. The van der Waals surface area contributed by atoms with Gasteiger partial charge in [-0.3, -0.25) is 9.36 Å². The Morgan fingerprint density at radius 1 is 1.16 bits per heavy atom. The fraction of sp³-hybridized carbons (Fsp3) is 0.263. The molecule has 0 fully saturated rings. The second-order valence-electron chi connectivity index (χ2n) is 6.21. The maximum atomic E-state index is 12.2. The molecule has 6 nitrogen and oxygen atoms in total. The molecule has 25 heavy (non-hydrogen) atoms. The number of nitrogens with one attached hydrogen (secondary N) is 1. The highest BCUT2D eigenvalue weighted by molar-refractivity contribution is 5.79. The standard InChI is InChI=1S/C19H18N2O4/c22-18(11-21-15-6-2-4-8-17(15)25-19(21)23)20-10-13-9-14-5-1-3-7-16(14)24-12-13/h1-8,13H,9-12H2,(H,20,22). The summed E-state index contributed by atoms with van der Waals surface area (Å²) in [5, 5.41) is 2.89. The molecule has 0 aliphatic carbocycles. The average Bonchev–Trinajstić information content (AvgIpc) is 2.95. The number of rotatable bonds is 4. The molecule has 6 heteroatoms. The van der Waals surface area contributed by atoms with Gasteiger partial charge in [0.2, 0.25) is 5.91 Å². The molecule has 3 aromatic rings. The van der Waals surface area contributed by atoms with E-state index in [1.165, 1.54) is 4.57 Å². The number of hydrogen-bond donors (Lipinski definition) is 1. The van der Waals surface area contributed by atoms with Crippen LogP contribution in [0.1, 0.15) is 5.56 Å². The highest BCUT2D eigenvalue weighted by Crippen LogP contribution is 2.26. The van der Waals surface area contributed by atoms with E-state index in [0.717, 1.165) is 17.7 Å². The molecule has 2 aromatic carbocycles. The highest BCUT2D eigenvalue weighted by Gasteiger charge is 2.20. The Hall–Kier alpha value is -3.02. The molecule has 1 atom stereocenters. The first-order chi connectivity index (χ1) is 12.2. The molecule has 1 N–H and O–H groups in total. The number of amides is 1. The number of ether oxygens (including phenoxy) is 1. The number of carbonyl (C=O) groups is 1. The van der Waals surface area contributed by atoms with E-state index in [1.807, 2.05) is 30.3 Å². The summed E-state index contributed by atoms with van der Waals surface area (Å²) < 4.78 is 12.2. The van der Waals surface area contributed by atoms with E-state index in [9.17, 15) is 9.59 Å². The summed E-state index contributed by atoms with van der Waals surface area (Å²) in [6.07, 6.45) is 0.866. The third kappa shape index (κ3) is 3.15. The van der Waals surface area contributed by atoms with Crippen LogP contribution in [0.25, 0.3) is 11.1 Å². The van der Waals surface area contributed by atoms with E-state index in [0.29, 0.717) is 24.3 Å². The van der Waals surface area contributed by atoms with Crippen molar-refractivity contribution in [1.29, 1.82) is 0 Å². The number of oxazole rings is 1. The normalized spacial score (nSPS) is 16.2.